The summed E-state index contributed by atoms with van der Waals surface area (Å²) in [6, 6.07) is 6.08. The topological polar surface area (TPSA) is 35.5 Å². The smallest absolute Gasteiger partial charge is 0.0642 e. The molecule has 2 rings (SSSR count). The van der Waals surface area contributed by atoms with Crippen LogP contribution in [0.4, 0.5) is 5.69 Å². The Labute approximate surface area is 126 Å². The van der Waals surface area contributed by atoms with E-state index in [2.05, 4.69) is 37.1 Å². The third kappa shape index (κ3) is 4.11. The van der Waals surface area contributed by atoms with Crippen molar-refractivity contribution in [2.45, 2.75) is 51.8 Å². The van der Waals surface area contributed by atoms with Crippen LogP contribution in [0.1, 0.15) is 39.2 Å². The summed E-state index contributed by atoms with van der Waals surface area (Å²) in [7, 11) is 0. The summed E-state index contributed by atoms with van der Waals surface area (Å²) in [6.07, 6.45) is 1.47. The summed E-state index contributed by atoms with van der Waals surface area (Å²) in [4.78, 5) is 2.30. The average molecular weight is 297 g/mol. The highest BCUT2D eigenvalue weighted by atomic mass is 35.5. The monoisotopic (exact) mass is 296 g/mol. The van der Waals surface area contributed by atoms with Gasteiger partial charge in [0.05, 0.1) is 16.8 Å². The number of halogens is 1. The second-order valence-corrected chi connectivity index (χ2v) is 6.98. The number of piperidine rings is 1. The van der Waals surface area contributed by atoms with Gasteiger partial charge < -0.3 is 15.3 Å². The molecule has 1 aliphatic heterocycles. The Kier molecular flexibility index (Phi) is 4.95. The van der Waals surface area contributed by atoms with Crippen LogP contribution >= 0.6 is 11.6 Å². The van der Waals surface area contributed by atoms with Crippen LogP contribution in [-0.4, -0.2) is 29.8 Å². The van der Waals surface area contributed by atoms with E-state index in [-0.39, 0.29) is 11.6 Å². The quantitative estimate of drug-likeness (QED) is 0.899. The zero-order chi connectivity index (χ0) is 14.8. The molecule has 0 aliphatic carbocycles. The van der Waals surface area contributed by atoms with Gasteiger partial charge in [-0.25, -0.2) is 0 Å². The van der Waals surface area contributed by atoms with Gasteiger partial charge in [0, 0.05) is 25.2 Å². The molecule has 1 aromatic rings. The zero-order valence-electron chi connectivity index (χ0n) is 12.6. The highest BCUT2D eigenvalue weighted by Gasteiger charge is 2.21. The van der Waals surface area contributed by atoms with E-state index >= 15 is 0 Å². The molecule has 0 amide bonds. The highest BCUT2D eigenvalue weighted by molar-refractivity contribution is 6.33. The molecule has 1 aromatic carbocycles. The Balaban J connectivity index is 2.18. The maximum atomic E-state index is 9.65. The van der Waals surface area contributed by atoms with Crippen molar-refractivity contribution in [1.82, 2.24) is 5.32 Å². The normalized spacial score (nSPS) is 17.6. The molecule has 0 radical (unpaired) electrons. The van der Waals surface area contributed by atoms with Gasteiger partial charge in [0.25, 0.3) is 0 Å². The fourth-order valence-corrected chi connectivity index (χ4v) is 2.82. The summed E-state index contributed by atoms with van der Waals surface area (Å²) in [5.74, 6) is 0. The Morgan fingerprint density at radius 1 is 1.30 bits per heavy atom. The molecule has 1 saturated heterocycles. The molecule has 1 aliphatic rings. The predicted molar refractivity (Wildman–Crippen MR) is 85.5 cm³/mol. The third-order valence-electron chi connectivity index (χ3n) is 3.66. The molecule has 4 heteroatoms. The maximum absolute atomic E-state index is 9.65. The van der Waals surface area contributed by atoms with Crippen molar-refractivity contribution in [2.24, 2.45) is 0 Å². The van der Waals surface area contributed by atoms with E-state index in [0.717, 1.165) is 43.2 Å². The first-order valence-corrected chi connectivity index (χ1v) is 7.70. The number of hydrogen-bond donors (Lipinski definition) is 2. The number of nitrogens with zero attached hydrogens (tertiary/aromatic N) is 1. The molecule has 3 nitrogen and oxygen atoms in total. The molecule has 0 spiro atoms. The van der Waals surface area contributed by atoms with Gasteiger partial charge in [0.2, 0.25) is 0 Å². The fourth-order valence-electron chi connectivity index (χ4n) is 2.51. The summed E-state index contributed by atoms with van der Waals surface area (Å²) < 4.78 is 0. The summed E-state index contributed by atoms with van der Waals surface area (Å²) in [6.45, 7) is 9.02. The van der Waals surface area contributed by atoms with Gasteiger partial charge in [-0.3, -0.25) is 0 Å². The van der Waals surface area contributed by atoms with Crippen LogP contribution in [-0.2, 0) is 6.54 Å². The van der Waals surface area contributed by atoms with Gasteiger partial charge in [-0.15, -0.1) is 0 Å². The lowest BCUT2D eigenvalue weighted by atomic mass is 10.0. The summed E-state index contributed by atoms with van der Waals surface area (Å²) in [5, 5.41) is 14.0. The SMILES string of the molecule is CC(C)(C)NCc1cccc(Cl)c1N1CCC(O)CC1. The van der Waals surface area contributed by atoms with Gasteiger partial charge in [0.15, 0.2) is 0 Å². The van der Waals surface area contributed by atoms with E-state index in [1.54, 1.807) is 0 Å². The second-order valence-electron chi connectivity index (χ2n) is 6.57. The van der Waals surface area contributed by atoms with E-state index in [4.69, 9.17) is 11.6 Å². The Morgan fingerprint density at radius 2 is 1.95 bits per heavy atom. The van der Waals surface area contributed by atoms with Crippen molar-refractivity contribution in [3.8, 4) is 0 Å². The van der Waals surface area contributed by atoms with Crippen LogP contribution < -0.4 is 10.2 Å². The maximum Gasteiger partial charge on any atom is 0.0642 e. The van der Waals surface area contributed by atoms with E-state index in [9.17, 15) is 5.11 Å². The van der Waals surface area contributed by atoms with Gasteiger partial charge in [-0.1, -0.05) is 23.7 Å². The minimum absolute atomic E-state index is 0.0810. The summed E-state index contributed by atoms with van der Waals surface area (Å²) >= 11 is 6.42. The van der Waals surface area contributed by atoms with Crippen LogP contribution in [0, 0.1) is 0 Å². The minimum atomic E-state index is -0.162. The first-order chi connectivity index (χ1) is 9.37. The van der Waals surface area contributed by atoms with Crippen LogP contribution in [0.25, 0.3) is 0 Å². The zero-order valence-corrected chi connectivity index (χ0v) is 13.4. The van der Waals surface area contributed by atoms with Crippen molar-refractivity contribution in [3.05, 3.63) is 28.8 Å². The molecule has 1 fully saturated rings. The van der Waals surface area contributed by atoms with E-state index in [1.807, 2.05) is 12.1 Å². The fraction of sp³-hybridized carbons (Fsp3) is 0.625. The number of nitrogens with one attached hydrogen (secondary N) is 1. The minimum Gasteiger partial charge on any atom is -0.393 e. The van der Waals surface area contributed by atoms with Gasteiger partial charge in [0.1, 0.15) is 0 Å². The largest absolute Gasteiger partial charge is 0.393 e. The molecule has 20 heavy (non-hydrogen) atoms. The molecule has 0 unspecified atom stereocenters. The van der Waals surface area contributed by atoms with Crippen LogP contribution in [0.2, 0.25) is 5.02 Å². The molecule has 112 valence electrons. The van der Waals surface area contributed by atoms with Crippen molar-refractivity contribution >= 4 is 17.3 Å². The summed E-state index contributed by atoms with van der Waals surface area (Å²) in [5.41, 5.74) is 2.43. The first kappa shape index (κ1) is 15.6. The van der Waals surface area contributed by atoms with E-state index in [0.29, 0.717) is 0 Å². The number of para-hydroxylation sites is 1. The van der Waals surface area contributed by atoms with Crippen LogP contribution in [0.5, 0.6) is 0 Å². The van der Waals surface area contributed by atoms with Crippen LogP contribution in [0.15, 0.2) is 18.2 Å². The Hall–Kier alpha value is -0.770. The molecular formula is C16H25ClN2O. The lowest BCUT2D eigenvalue weighted by Gasteiger charge is -2.34. The molecule has 2 N–H and O–H groups in total. The van der Waals surface area contributed by atoms with Crippen molar-refractivity contribution in [3.63, 3.8) is 0 Å². The lowest BCUT2D eigenvalue weighted by Crippen LogP contribution is -2.38. The number of aliphatic hydroxyl groups is 1. The predicted octanol–water partition coefficient (Wildman–Crippen LogP) is 3.19. The average Bonchev–Trinajstić information content (AvgIpc) is 2.37. The Morgan fingerprint density at radius 3 is 2.55 bits per heavy atom. The Bertz CT molecular complexity index is 448. The molecular weight excluding hydrogens is 272 g/mol. The van der Waals surface area contributed by atoms with Crippen molar-refractivity contribution < 1.29 is 5.11 Å². The molecule has 1 heterocycles. The van der Waals surface area contributed by atoms with Gasteiger partial charge in [-0.2, -0.15) is 0 Å². The van der Waals surface area contributed by atoms with E-state index < -0.39 is 0 Å². The number of hydrogen-bond acceptors (Lipinski definition) is 3. The van der Waals surface area contributed by atoms with Gasteiger partial charge >= 0.3 is 0 Å². The molecule has 0 bridgehead atoms. The molecule has 0 atom stereocenters. The van der Waals surface area contributed by atoms with E-state index in [1.165, 1.54) is 5.56 Å². The first-order valence-electron chi connectivity index (χ1n) is 7.32. The number of aliphatic hydroxyl groups excluding tert-OH is 1. The molecule has 0 aromatic heterocycles. The van der Waals surface area contributed by atoms with Crippen molar-refractivity contribution in [1.29, 1.82) is 0 Å². The van der Waals surface area contributed by atoms with Gasteiger partial charge in [-0.05, 0) is 45.2 Å². The highest BCUT2D eigenvalue weighted by Crippen LogP contribution is 2.32. The number of benzene rings is 1. The third-order valence-corrected chi connectivity index (χ3v) is 3.97. The lowest BCUT2D eigenvalue weighted by molar-refractivity contribution is 0.145. The molecule has 0 saturated carbocycles. The standard InChI is InChI=1S/C16H25ClN2O/c1-16(2,3)18-11-12-5-4-6-14(17)15(12)19-9-7-13(20)8-10-19/h4-6,13,18,20H,7-11H2,1-3H3. The second kappa shape index (κ2) is 6.33. The number of rotatable bonds is 3. The van der Waals surface area contributed by atoms with Crippen LogP contribution in [0.3, 0.4) is 0 Å². The van der Waals surface area contributed by atoms with Crippen molar-refractivity contribution in [2.75, 3.05) is 18.0 Å². The number of anilines is 1.